The third-order valence-electron chi connectivity index (χ3n) is 3.44. The van der Waals surface area contributed by atoms with Crippen molar-refractivity contribution in [1.82, 2.24) is 4.72 Å². The molecular weight excluding hydrogens is 361 g/mol. The number of benzene rings is 2. The summed E-state index contributed by atoms with van der Waals surface area (Å²) in [6, 6.07) is 11.0. The van der Waals surface area contributed by atoms with Crippen molar-refractivity contribution < 1.29 is 27.1 Å². The van der Waals surface area contributed by atoms with Gasteiger partial charge in [-0.1, -0.05) is 29.8 Å². The summed E-state index contributed by atoms with van der Waals surface area (Å²) in [6.45, 7) is 3.03. The van der Waals surface area contributed by atoms with Gasteiger partial charge in [0, 0.05) is 0 Å². The molecule has 0 fully saturated rings. The van der Waals surface area contributed by atoms with E-state index in [4.69, 9.17) is 9.47 Å². The Morgan fingerprint density at radius 2 is 1.77 bits per heavy atom. The first-order valence-electron chi connectivity index (χ1n) is 7.92. The van der Waals surface area contributed by atoms with Crippen LogP contribution >= 0.6 is 0 Å². The first-order valence-corrected chi connectivity index (χ1v) is 9.41. The normalized spacial score (nSPS) is 12.4. The lowest BCUT2D eigenvalue weighted by Crippen LogP contribution is -2.39. The van der Waals surface area contributed by atoms with Crippen LogP contribution in [0.15, 0.2) is 53.4 Å². The Hall–Kier alpha value is -2.45. The molecule has 0 heterocycles. The first kappa shape index (κ1) is 19.9. The number of carbonyl (C=O) groups is 1. The number of esters is 1. The van der Waals surface area contributed by atoms with E-state index < -0.39 is 27.9 Å². The lowest BCUT2D eigenvalue weighted by atomic mass is 10.2. The summed E-state index contributed by atoms with van der Waals surface area (Å²) in [5.74, 6) is -1.22. The van der Waals surface area contributed by atoms with Gasteiger partial charge in [-0.2, -0.15) is 4.72 Å². The summed E-state index contributed by atoms with van der Waals surface area (Å²) >= 11 is 0. The Kier molecular flexibility index (Phi) is 6.70. The van der Waals surface area contributed by atoms with Crippen LogP contribution in [0.1, 0.15) is 12.5 Å². The average Bonchev–Trinajstić information content (AvgIpc) is 2.60. The highest BCUT2D eigenvalue weighted by atomic mass is 32.2. The van der Waals surface area contributed by atoms with Gasteiger partial charge >= 0.3 is 5.97 Å². The minimum Gasteiger partial charge on any atom is -0.487 e. The van der Waals surface area contributed by atoms with E-state index in [0.29, 0.717) is 0 Å². The molecule has 0 amide bonds. The molecule has 8 heteroatoms. The van der Waals surface area contributed by atoms with E-state index in [1.165, 1.54) is 37.3 Å². The quantitative estimate of drug-likeness (QED) is 0.561. The second-order valence-corrected chi connectivity index (χ2v) is 7.32. The van der Waals surface area contributed by atoms with E-state index in [1.54, 1.807) is 18.2 Å². The highest BCUT2D eigenvalue weighted by Gasteiger charge is 2.23. The van der Waals surface area contributed by atoms with Crippen molar-refractivity contribution in [3.63, 3.8) is 0 Å². The summed E-state index contributed by atoms with van der Waals surface area (Å²) in [5.41, 5.74) is 0.922. The molecule has 140 valence electrons. The maximum Gasteiger partial charge on any atom is 0.324 e. The Labute approximate surface area is 152 Å². The second-order valence-electron chi connectivity index (χ2n) is 5.60. The summed E-state index contributed by atoms with van der Waals surface area (Å²) < 4.78 is 50.2. The standard InChI is InChI=1S/C18H20FNO5S/c1-13-7-9-15(10-8-13)26(22,23)20-14(2)18(21)25-12-11-24-17-6-4-3-5-16(17)19/h3-10,14,20H,11-12H2,1-2H3/t14-/m1/s1. The molecule has 0 bridgehead atoms. The lowest BCUT2D eigenvalue weighted by Gasteiger charge is -2.14. The van der Waals surface area contributed by atoms with Crippen molar-refractivity contribution in [1.29, 1.82) is 0 Å². The van der Waals surface area contributed by atoms with Crippen LogP contribution in [0.4, 0.5) is 4.39 Å². The number of ether oxygens (including phenoxy) is 2. The number of hydrogen-bond donors (Lipinski definition) is 1. The van der Waals surface area contributed by atoms with Crippen LogP contribution in [0.25, 0.3) is 0 Å². The molecule has 1 N–H and O–H groups in total. The summed E-state index contributed by atoms with van der Waals surface area (Å²) in [7, 11) is -3.83. The summed E-state index contributed by atoms with van der Waals surface area (Å²) in [4.78, 5) is 12.0. The van der Waals surface area contributed by atoms with Crippen LogP contribution in [0.5, 0.6) is 5.75 Å². The molecule has 26 heavy (non-hydrogen) atoms. The monoisotopic (exact) mass is 381 g/mol. The molecule has 0 radical (unpaired) electrons. The molecule has 0 spiro atoms. The zero-order chi connectivity index (χ0) is 19.2. The minimum atomic E-state index is -3.83. The number of para-hydroxylation sites is 1. The molecule has 0 saturated heterocycles. The number of carbonyl (C=O) groups excluding carboxylic acids is 1. The van der Waals surface area contributed by atoms with Crippen LogP contribution in [0, 0.1) is 12.7 Å². The van der Waals surface area contributed by atoms with Crippen LogP contribution in [-0.4, -0.2) is 33.6 Å². The fourth-order valence-corrected chi connectivity index (χ4v) is 3.24. The molecule has 1 atom stereocenters. The van der Waals surface area contributed by atoms with Gasteiger partial charge in [-0.15, -0.1) is 0 Å². The Morgan fingerprint density at radius 3 is 2.42 bits per heavy atom. The van der Waals surface area contributed by atoms with Crippen molar-refractivity contribution in [2.45, 2.75) is 24.8 Å². The maximum absolute atomic E-state index is 13.4. The molecule has 0 saturated carbocycles. The molecule has 0 aliphatic rings. The van der Waals surface area contributed by atoms with E-state index in [1.807, 2.05) is 6.92 Å². The topological polar surface area (TPSA) is 81.7 Å². The Bertz CT molecular complexity index is 852. The third-order valence-corrected chi connectivity index (χ3v) is 5.00. The van der Waals surface area contributed by atoms with Crippen molar-refractivity contribution in [3.05, 3.63) is 59.9 Å². The predicted octanol–water partition coefficient (Wildman–Crippen LogP) is 2.42. The number of rotatable bonds is 8. The van der Waals surface area contributed by atoms with Gasteiger partial charge in [0.05, 0.1) is 4.90 Å². The largest absolute Gasteiger partial charge is 0.487 e. The van der Waals surface area contributed by atoms with Gasteiger partial charge in [-0.05, 0) is 38.1 Å². The van der Waals surface area contributed by atoms with Crippen molar-refractivity contribution in [2.75, 3.05) is 13.2 Å². The molecular formula is C18H20FNO5S. The molecule has 2 aromatic carbocycles. The van der Waals surface area contributed by atoms with Crippen molar-refractivity contribution in [2.24, 2.45) is 0 Å². The SMILES string of the molecule is Cc1ccc(S(=O)(=O)N[C@H](C)C(=O)OCCOc2ccccc2F)cc1. The molecule has 6 nitrogen and oxygen atoms in total. The Balaban J connectivity index is 1.81. The molecule has 0 unspecified atom stereocenters. The van der Waals surface area contributed by atoms with Gasteiger partial charge < -0.3 is 9.47 Å². The highest BCUT2D eigenvalue weighted by molar-refractivity contribution is 7.89. The lowest BCUT2D eigenvalue weighted by molar-refractivity contribution is -0.145. The number of halogens is 1. The number of hydrogen-bond acceptors (Lipinski definition) is 5. The van der Waals surface area contributed by atoms with Gasteiger partial charge in [-0.25, -0.2) is 12.8 Å². The molecule has 0 aromatic heterocycles. The maximum atomic E-state index is 13.4. The molecule has 2 rings (SSSR count). The number of aryl methyl sites for hydroxylation is 1. The van der Waals surface area contributed by atoms with E-state index in [2.05, 4.69) is 4.72 Å². The van der Waals surface area contributed by atoms with Crippen molar-refractivity contribution in [3.8, 4) is 5.75 Å². The van der Waals surface area contributed by atoms with Gasteiger partial charge in [-0.3, -0.25) is 4.79 Å². The summed E-state index contributed by atoms with van der Waals surface area (Å²) in [5, 5.41) is 0. The van der Waals surface area contributed by atoms with Crippen LogP contribution in [-0.2, 0) is 19.6 Å². The van der Waals surface area contributed by atoms with Crippen molar-refractivity contribution >= 4 is 16.0 Å². The van der Waals surface area contributed by atoms with Gasteiger partial charge in [0.1, 0.15) is 19.3 Å². The smallest absolute Gasteiger partial charge is 0.324 e. The third kappa shape index (κ3) is 5.53. The van der Waals surface area contributed by atoms with Gasteiger partial charge in [0.2, 0.25) is 10.0 Å². The number of nitrogens with one attached hydrogen (secondary N) is 1. The van der Waals surface area contributed by atoms with E-state index >= 15 is 0 Å². The first-order chi connectivity index (χ1) is 12.3. The minimum absolute atomic E-state index is 0.0515. The van der Waals surface area contributed by atoms with E-state index in [-0.39, 0.29) is 23.9 Å². The van der Waals surface area contributed by atoms with Crippen LogP contribution < -0.4 is 9.46 Å². The fraction of sp³-hybridized carbons (Fsp3) is 0.278. The summed E-state index contributed by atoms with van der Waals surface area (Å²) in [6.07, 6.45) is 0. The second kappa shape index (κ2) is 8.77. The predicted molar refractivity (Wildman–Crippen MR) is 93.8 cm³/mol. The molecule has 0 aliphatic carbocycles. The van der Waals surface area contributed by atoms with Crippen LogP contribution in [0.3, 0.4) is 0 Å². The zero-order valence-electron chi connectivity index (χ0n) is 14.4. The van der Waals surface area contributed by atoms with Gasteiger partial charge in [0.15, 0.2) is 11.6 Å². The van der Waals surface area contributed by atoms with E-state index in [0.717, 1.165) is 5.56 Å². The Morgan fingerprint density at radius 1 is 1.12 bits per heavy atom. The number of sulfonamides is 1. The highest BCUT2D eigenvalue weighted by Crippen LogP contribution is 2.15. The molecule has 0 aliphatic heterocycles. The van der Waals surface area contributed by atoms with Gasteiger partial charge in [0.25, 0.3) is 0 Å². The van der Waals surface area contributed by atoms with E-state index in [9.17, 15) is 17.6 Å². The average molecular weight is 381 g/mol. The molecule has 2 aromatic rings. The fourth-order valence-electron chi connectivity index (χ4n) is 2.05. The van der Waals surface area contributed by atoms with Crippen LogP contribution in [0.2, 0.25) is 0 Å². The zero-order valence-corrected chi connectivity index (χ0v) is 15.3.